The van der Waals surface area contributed by atoms with Gasteiger partial charge in [-0.3, -0.25) is 0 Å². The monoisotopic (exact) mass is 242 g/mol. The van der Waals surface area contributed by atoms with Crippen molar-refractivity contribution in [3.8, 4) is 0 Å². The molecule has 0 radical (unpaired) electrons. The highest BCUT2D eigenvalue weighted by atomic mass is 16.6. The van der Waals surface area contributed by atoms with Gasteiger partial charge in [-0.05, 0) is 6.92 Å². The molecule has 0 amide bonds. The molecule has 0 aromatic carbocycles. The molecular weight excluding hydrogens is 228 g/mol. The van der Waals surface area contributed by atoms with Gasteiger partial charge in [0.05, 0.1) is 0 Å². The van der Waals surface area contributed by atoms with Crippen LogP contribution in [-0.4, -0.2) is 37.2 Å². The predicted molar refractivity (Wildman–Crippen MR) is 57.9 cm³/mol. The lowest BCUT2D eigenvalue weighted by molar-refractivity contribution is -0.165. The van der Waals surface area contributed by atoms with E-state index in [1.807, 2.05) is 0 Å². The van der Waals surface area contributed by atoms with Crippen molar-refractivity contribution in [2.45, 2.75) is 13.0 Å². The summed E-state index contributed by atoms with van der Waals surface area (Å²) >= 11 is 0. The first-order valence-electron chi connectivity index (χ1n) is 4.80. The molecule has 6 heteroatoms. The van der Waals surface area contributed by atoms with Crippen molar-refractivity contribution in [3.05, 3.63) is 25.3 Å². The van der Waals surface area contributed by atoms with E-state index in [1.54, 1.807) is 0 Å². The molecule has 0 aliphatic rings. The summed E-state index contributed by atoms with van der Waals surface area (Å²) in [6, 6.07) is 0. The van der Waals surface area contributed by atoms with Crippen molar-refractivity contribution < 1.29 is 28.6 Å². The maximum atomic E-state index is 11.2. The summed E-state index contributed by atoms with van der Waals surface area (Å²) in [4.78, 5) is 32.6. The molecule has 6 nitrogen and oxygen atoms in total. The van der Waals surface area contributed by atoms with Gasteiger partial charge in [0.1, 0.15) is 13.2 Å². The maximum Gasteiger partial charge on any atom is 0.347 e. The fourth-order valence-corrected chi connectivity index (χ4v) is 0.731. The lowest BCUT2D eigenvalue weighted by Crippen LogP contribution is -2.26. The van der Waals surface area contributed by atoms with Gasteiger partial charge in [-0.25, -0.2) is 14.4 Å². The van der Waals surface area contributed by atoms with E-state index in [9.17, 15) is 14.4 Å². The second-order valence-electron chi connectivity index (χ2n) is 2.82. The molecule has 0 spiro atoms. The Balaban J connectivity index is 3.78. The van der Waals surface area contributed by atoms with Crippen molar-refractivity contribution in [1.82, 2.24) is 0 Å². The molecular formula is C11H14O6. The Morgan fingerprint density at radius 2 is 1.59 bits per heavy atom. The summed E-state index contributed by atoms with van der Waals surface area (Å²) in [7, 11) is 0. The van der Waals surface area contributed by atoms with Crippen LogP contribution in [0.3, 0.4) is 0 Å². The Morgan fingerprint density at radius 1 is 1.06 bits per heavy atom. The molecule has 94 valence electrons. The van der Waals surface area contributed by atoms with Gasteiger partial charge in [0.2, 0.25) is 0 Å². The van der Waals surface area contributed by atoms with Crippen LogP contribution < -0.4 is 0 Å². The third-order valence-corrected chi connectivity index (χ3v) is 1.53. The first-order chi connectivity index (χ1) is 8.01. The number of carbonyl (C=O) groups excluding carboxylic acids is 3. The normalized spacial score (nSPS) is 10.9. The van der Waals surface area contributed by atoms with Crippen LogP contribution >= 0.6 is 0 Å². The topological polar surface area (TPSA) is 78.9 Å². The molecule has 1 atom stereocenters. The fourth-order valence-electron chi connectivity index (χ4n) is 0.731. The highest BCUT2D eigenvalue weighted by Gasteiger charge is 2.17. The number of rotatable bonds is 7. The van der Waals surface area contributed by atoms with Crippen molar-refractivity contribution in [1.29, 1.82) is 0 Å². The second-order valence-corrected chi connectivity index (χ2v) is 2.82. The Kier molecular flexibility index (Phi) is 7.09. The van der Waals surface area contributed by atoms with Crippen LogP contribution in [0.1, 0.15) is 6.92 Å². The highest BCUT2D eigenvalue weighted by Crippen LogP contribution is 1.96. The lowest BCUT2D eigenvalue weighted by Gasteiger charge is -2.11. The van der Waals surface area contributed by atoms with Crippen molar-refractivity contribution in [2.24, 2.45) is 0 Å². The quantitative estimate of drug-likeness (QED) is 0.278. The highest BCUT2D eigenvalue weighted by molar-refractivity contribution is 5.85. The molecule has 0 fully saturated rings. The molecule has 17 heavy (non-hydrogen) atoms. The number of esters is 3. The smallest absolute Gasteiger partial charge is 0.347 e. The van der Waals surface area contributed by atoms with Crippen LogP contribution in [-0.2, 0) is 28.6 Å². The van der Waals surface area contributed by atoms with Crippen LogP contribution in [0.25, 0.3) is 0 Å². The van der Waals surface area contributed by atoms with E-state index in [0.29, 0.717) is 0 Å². The van der Waals surface area contributed by atoms with Crippen LogP contribution in [0.15, 0.2) is 25.3 Å². The lowest BCUT2D eigenvalue weighted by atomic mass is 10.4. The average molecular weight is 242 g/mol. The third-order valence-electron chi connectivity index (χ3n) is 1.53. The fraction of sp³-hybridized carbons (Fsp3) is 0.364. The minimum Gasteiger partial charge on any atom is -0.459 e. The SMILES string of the molecule is C=CC(=O)OCCOC(=O)C(C)OC(=O)C=C. The van der Waals surface area contributed by atoms with E-state index < -0.39 is 24.0 Å². The molecule has 0 N–H and O–H groups in total. The van der Waals surface area contributed by atoms with E-state index in [1.165, 1.54) is 6.92 Å². The van der Waals surface area contributed by atoms with E-state index in [0.717, 1.165) is 12.2 Å². The number of carbonyl (C=O) groups is 3. The molecule has 0 aliphatic carbocycles. The second kappa shape index (κ2) is 8.09. The van der Waals surface area contributed by atoms with Gasteiger partial charge in [-0.1, -0.05) is 13.2 Å². The summed E-state index contributed by atoms with van der Waals surface area (Å²) in [6.45, 7) is 7.54. The Morgan fingerprint density at radius 3 is 2.12 bits per heavy atom. The van der Waals surface area contributed by atoms with Gasteiger partial charge in [-0.15, -0.1) is 0 Å². The summed E-state index contributed by atoms with van der Waals surface area (Å²) in [6.07, 6.45) is 0.905. The van der Waals surface area contributed by atoms with Gasteiger partial charge in [0.15, 0.2) is 6.10 Å². The summed E-state index contributed by atoms with van der Waals surface area (Å²) < 4.78 is 13.9. The van der Waals surface area contributed by atoms with E-state index >= 15 is 0 Å². The first-order valence-corrected chi connectivity index (χ1v) is 4.80. The Bertz CT molecular complexity index is 320. The molecule has 0 aromatic rings. The number of ether oxygens (including phenoxy) is 3. The summed E-state index contributed by atoms with van der Waals surface area (Å²) in [5, 5.41) is 0. The third kappa shape index (κ3) is 6.88. The van der Waals surface area contributed by atoms with Crippen LogP contribution in [0.4, 0.5) is 0 Å². The molecule has 0 heterocycles. The molecule has 0 rings (SSSR count). The summed E-state index contributed by atoms with van der Waals surface area (Å²) in [5.41, 5.74) is 0. The van der Waals surface area contributed by atoms with E-state index in [4.69, 9.17) is 0 Å². The number of hydrogen-bond donors (Lipinski definition) is 0. The van der Waals surface area contributed by atoms with E-state index in [2.05, 4.69) is 27.4 Å². The van der Waals surface area contributed by atoms with Crippen molar-refractivity contribution in [2.75, 3.05) is 13.2 Å². The first kappa shape index (κ1) is 14.9. The zero-order valence-corrected chi connectivity index (χ0v) is 9.51. The van der Waals surface area contributed by atoms with Gasteiger partial charge in [0, 0.05) is 12.2 Å². The van der Waals surface area contributed by atoms with Crippen molar-refractivity contribution >= 4 is 17.9 Å². The molecule has 1 unspecified atom stereocenters. The standard InChI is InChI=1S/C11H14O6/c1-4-9(12)15-6-7-16-11(14)8(3)17-10(13)5-2/h4-5,8H,1-2,6-7H2,3H3. The maximum absolute atomic E-state index is 11.2. The summed E-state index contributed by atoms with van der Waals surface area (Å²) in [5.74, 6) is -2.05. The zero-order valence-electron chi connectivity index (χ0n) is 9.51. The molecule has 0 saturated carbocycles. The van der Waals surface area contributed by atoms with Gasteiger partial charge in [0.25, 0.3) is 0 Å². The van der Waals surface area contributed by atoms with Gasteiger partial charge in [-0.2, -0.15) is 0 Å². The Labute approximate surface area is 98.8 Å². The van der Waals surface area contributed by atoms with Crippen LogP contribution in [0.5, 0.6) is 0 Å². The minimum atomic E-state index is -1.03. The minimum absolute atomic E-state index is 0.0846. The molecule has 0 aliphatic heterocycles. The van der Waals surface area contributed by atoms with E-state index in [-0.39, 0.29) is 13.2 Å². The zero-order chi connectivity index (χ0) is 13.3. The van der Waals surface area contributed by atoms with Crippen molar-refractivity contribution in [3.63, 3.8) is 0 Å². The van der Waals surface area contributed by atoms with Crippen LogP contribution in [0, 0.1) is 0 Å². The average Bonchev–Trinajstić information content (AvgIpc) is 2.33. The molecule has 0 saturated heterocycles. The largest absolute Gasteiger partial charge is 0.459 e. The van der Waals surface area contributed by atoms with Gasteiger partial charge < -0.3 is 14.2 Å². The Hall–Kier alpha value is -2.11. The molecule has 0 bridgehead atoms. The number of hydrogen-bond acceptors (Lipinski definition) is 6. The van der Waals surface area contributed by atoms with Crippen LogP contribution in [0.2, 0.25) is 0 Å². The van der Waals surface area contributed by atoms with Gasteiger partial charge >= 0.3 is 17.9 Å². The molecule has 0 aromatic heterocycles. The predicted octanol–water partition coefficient (Wildman–Crippen LogP) is 0.376.